The van der Waals surface area contributed by atoms with Crippen molar-refractivity contribution in [2.24, 2.45) is 0 Å². The molecule has 0 spiro atoms. The monoisotopic (exact) mass is 382 g/mol. The first-order valence-electron chi connectivity index (χ1n) is 8.76. The summed E-state index contributed by atoms with van der Waals surface area (Å²) in [4.78, 5) is 16.8. The van der Waals surface area contributed by atoms with Crippen molar-refractivity contribution in [1.82, 2.24) is 19.4 Å². The van der Waals surface area contributed by atoms with Gasteiger partial charge < -0.3 is 18.9 Å². The third kappa shape index (κ3) is 3.75. The Morgan fingerprint density at radius 1 is 1.26 bits per heavy atom. The molecule has 0 aliphatic carbocycles. The molecular weight excluding hydrogens is 364 g/mol. The van der Waals surface area contributed by atoms with Crippen molar-refractivity contribution in [3.8, 4) is 0 Å². The van der Waals surface area contributed by atoms with Gasteiger partial charge in [0.15, 0.2) is 5.58 Å². The SMILES string of the molecule is O=C(NCCCn1ccnc1)c1cc2occc2n1Cc1ccccc1Cl. The molecule has 0 unspecified atom stereocenters. The molecule has 7 heteroatoms. The summed E-state index contributed by atoms with van der Waals surface area (Å²) in [6.45, 7) is 1.89. The molecule has 0 radical (unpaired) electrons. The molecule has 1 aromatic carbocycles. The highest BCUT2D eigenvalue weighted by atomic mass is 35.5. The van der Waals surface area contributed by atoms with Gasteiger partial charge in [0.25, 0.3) is 5.91 Å². The zero-order chi connectivity index (χ0) is 18.6. The van der Waals surface area contributed by atoms with Crippen molar-refractivity contribution in [2.75, 3.05) is 6.54 Å². The van der Waals surface area contributed by atoms with E-state index in [1.54, 1.807) is 24.9 Å². The quantitative estimate of drug-likeness (QED) is 0.492. The summed E-state index contributed by atoms with van der Waals surface area (Å²) in [5.41, 5.74) is 3.07. The Kier molecular flexibility index (Phi) is 4.98. The molecule has 0 bridgehead atoms. The molecule has 138 valence electrons. The molecule has 27 heavy (non-hydrogen) atoms. The van der Waals surface area contributed by atoms with Gasteiger partial charge in [-0.15, -0.1) is 0 Å². The molecule has 0 aliphatic rings. The molecule has 0 saturated heterocycles. The van der Waals surface area contributed by atoms with Crippen molar-refractivity contribution in [3.05, 3.63) is 77.7 Å². The van der Waals surface area contributed by atoms with Crippen LogP contribution >= 0.6 is 11.6 Å². The minimum Gasteiger partial charge on any atom is -0.463 e. The van der Waals surface area contributed by atoms with E-state index in [1.165, 1.54) is 0 Å². The minimum atomic E-state index is -0.126. The molecular formula is C20H19ClN4O2. The first-order valence-corrected chi connectivity index (χ1v) is 9.14. The number of nitrogens with one attached hydrogen (secondary N) is 1. The molecule has 0 atom stereocenters. The van der Waals surface area contributed by atoms with Gasteiger partial charge in [0.1, 0.15) is 5.69 Å². The third-order valence-electron chi connectivity index (χ3n) is 4.48. The average Bonchev–Trinajstić information content (AvgIpc) is 3.39. The maximum atomic E-state index is 12.7. The molecule has 4 rings (SSSR count). The van der Waals surface area contributed by atoms with E-state index in [-0.39, 0.29) is 5.91 Å². The highest BCUT2D eigenvalue weighted by Gasteiger charge is 2.18. The predicted octanol–water partition coefficient (Wildman–Crippen LogP) is 3.95. The zero-order valence-electron chi connectivity index (χ0n) is 14.6. The Balaban J connectivity index is 1.50. The Morgan fingerprint density at radius 3 is 2.96 bits per heavy atom. The molecule has 3 heterocycles. The van der Waals surface area contributed by atoms with Crippen LogP contribution < -0.4 is 5.32 Å². The normalized spacial score (nSPS) is 11.1. The fourth-order valence-electron chi connectivity index (χ4n) is 3.11. The summed E-state index contributed by atoms with van der Waals surface area (Å²) in [6.07, 6.45) is 7.87. The van der Waals surface area contributed by atoms with Crippen LogP contribution in [0.2, 0.25) is 5.02 Å². The number of aryl methyl sites for hydroxylation is 1. The first kappa shape index (κ1) is 17.4. The lowest BCUT2D eigenvalue weighted by Crippen LogP contribution is -2.27. The Labute approximate surface area is 161 Å². The van der Waals surface area contributed by atoms with Crippen LogP contribution in [-0.2, 0) is 13.1 Å². The summed E-state index contributed by atoms with van der Waals surface area (Å²) in [5.74, 6) is -0.126. The van der Waals surface area contributed by atoms with Gasteiger partial charge in [-0.1, -0.05) is 29.8 Å². The number of aromatic nitrogens is 3. The Bertz CT molecular complexity index is 1050. The van der Waals surface area contributed by atoms with Gasteiger partial charge in [0.05, 0.1) is 18.1 Å². The molecule has 3 aromatic heterocycles. The molecule has 4 aromatic rings. The molecule has 1 amide bonds. The maximum Gasteiger partial charge on any atom is 0.268 e. The summed E-state index contributed by atoms with van der Waals surface area (Å²) >= 11 is 6.30. The molecule has 0 aliphatic heterocycles. The third-order valence-corrected chi connectivity index (χ3v) is 4.85. The standard InChI is InChI=1S/C20H19ClN4O2/c21-16-5-2-1-4-15(16)13-25-17-6-11-27-19(17)12-18(25)20(26)23-7-3-9-24-10-8-22-14-24/h1-2,4-6,8,10-12,14H,3,7,9,13H2,(H,23,26). The van der Waals surface area contributed by atoms with Crippen LogP contribution in [0.1, 0.15) is 22.5 Å². The number of imidazole rings is 1. The van der Waals surface area contributed by atoms with E-state index >= 15 is 0 Å². The van der Waals surface area contributed by atoms with Gasteiger partial charge in [0.2, 0.25) is 0 Å². The number of rotatable bonds is 7. The van der Waals surface area contributed by atoms with Gasteiger partial charge in [-0.2, -0.15) is 0 Å². The summed E-state index contributed by atoms with van der Waals surface area (Å²) in [7, 11) is 0. The van der Waals surface area contributed by atoms with E-state index in [0.717, 1.165) is 24.0 Å². The number of carbonyl (C=O) groups excluding carboxylic acids is 1. The van der Waals surface area contributed by atoms with Crippen molar-refractivity contribution in [2.45, 2.75) is 19.5 Å². The number of carbonyl (C=O) groups is 1. The number of halogens is 1. The number of hydrogen-bond acceptors (Lipinski definition) is 3. The van der Waals surface area contributed by atoms with Crippen LogP contribution in [0.15, 0.2) is 65.8 Å². The van der Waals surface area contributed by atoms with Crippen LogP contribution in [0.25, 0.3) is 11.1 Å². The van der Waals surface area contributed by atoms with Crippen LogP contribution in [-0.4, -0.2) is 26.6 Å². The van der Waals surface area contributed by atoms with E-state index in [2.05, 4.69) is 10.3 Å². The topological polar surface area (TPSA) is 65.0 Å². The van der Waals surface area contributed by atoms with Crippen molar-refractivity contribution in [3.63, 3.8) is 0 Å². The Hall–Kier alpha value is -2.99. The number of hydrogen-bond donors (Lipinski definition) is 1. The smallest absolute Gasteiger partial charge is 0.268 e. The number of nitrogens with zero attached hydrogens (tertiary/aromatic N) is 3. The largest absolute Gasteiger partial charge is 0.463 e. The summed E-state index contributed by atoms with van der Waals surface area (Å²) in [5, 5.41) is 3.66. The average molecular weight is 383 g/mol. The van der Waals surface area contributed by atoms with E-state index in [4.69, 9.17) is 16.0 Å². The van der Waals surface area contributed by atoms with E-state index in [9.17, 15) is 4.79 Å². The molecule has 0 saturated carbocycles. The summed E-state index contributed by atoms with van der Waals surface area (Å²) < 4.78 is 9.41. The van der Waals surface area contributed by atoms with Crippen LogP contribution in [0.5, 0.6) is 0 Å². The van der Waals surface area contributed by atoms with Gasteiger partial charge in [-0.3, -0.25) is 4.79 Å². The molecule has 1 N–H and O–H groups in total. The highest BCUT2D eigenvalue weighted by molar-refractivity contribution is 6.31. The van der Waals surface area contributed by atoms with Crippen LogP contribution in [0, 0.1) is 0 Å². The fourth-order valence-corrected chi connectivity index (χ4v) is 3.30. The van der Waals surface area contributed by atoms with E-state index in [1.807, 2.05) is 45.7 Å². The van der Waals surface area contributed by atoms with Gasteiger partial charge in [-0.25, -0.2) is 4.98 Å². The van der Waals surface area contributed by atoms with Gasteiger partial charge in [0, 0.05) is 49.2 Å². The second-order valence-electron chi connectivity index (χ2n) is 6.29. The number of furan rings is 1. The van der Waals surface area contributed by atoms with Crippen molar-refractivity contribution >= 4 is 28.6 Å². The van der Waals surface area contributed by atoms with Gasteiger partial charge >= 0.3 is 0 Å². The number of amides is 1. The minimum absolute atomic E-state index is 0.126. The van der Waals surface area contributed by atoms with Crippen LogP contribution in [0.3, 0.4) is 0 Å². The van der Waals surface area contributed by atoms with E-state index in [0.29, 0.717) is 29.4 Å². The second-order valence-corrected chi connectivity index (χ2v) is 6.69. The van der Waals surface area contributed by atoms with Crippen molar-refractivity contribution in [1.29, 1.82) is 0 Å². The van der Waals surface area contributed by atoms with Crippen LogP contribution in [0.4, 0.5) is 0 Å². The van der Waals surface area contributed by atoms with Crippen molar-refractivity contribution < 1.29 is 9.21 Å². The molecule has 6 nitrogen and oxygen atoms in total. The highest BCUT2D eigenvalue weighted by Crippen LogP contribution is 2.24. The van der Waals surface area contributed by atoms with E-state index < -0.39 is 0 Å². The maximum absolute atomic E-state index is 12.7. The fraction of sp³-hybridized carbons (Fsp3) is 0.200. The lowest BCUT2D eigenvalue weighted by atomic mass is 10.2. The number of fused-ring (bicyclic) bond motifs is 1. The lowest BCUT2D eigenvalue weighted by Gasteiger charge is -2.12. The first-order chi connectivity index (χ1) is 13.2. The van der Waals surface area contributed by atoms with Gasteiger partial charge in [-0.05, 0) is 18.1 Å². The zero-order valence-corrected chi connectivity index (χ0v) is 15.4. The summed E-state index contributed by atoms with van der Waals surface area (Å²) in [6, 6.07) is 11.3. The number of benzene rings is 1. The molecule has 0 fully saturated rings. The predicted molar refractivity (Wildman–Crippen MR) is 104 cm³/mol. The lowest BCUT2D eigenvalue weighted by molar-refractivity contribution is 0.0944. The Morgan fingerprint density at radius 2 is 2.15 bits per heavy atom. The second kappa shape index (κ2) is 7.72.